The summed E-state index contributed by atoms with van der Waals surface area (Å²) in [6.45, 7) is 5.70. The fourth-order valence-electron chi connectivity index (χ4n) is 2.75. The fourth-order valence-corrected chi connectivity index (χ4v) is 2.75. The van der Waals surface area contributed by atoms with E-state index in [9.17, 15) is 0 Å². The van der Waals surface area contributed by atoms with E-state index in [-0.39, 0.29) is 12.1 Å². The second kappa shape index (κ2) is 7.06. The van der Waals surface area contributed by atoms with E-state index >= 15 is 0 Å². The van der Waals surface area contributed by atoms with Crippen LogP contribution in [0.4, 0.5) is 0 Å². The molecule has 1 aliphatic heterocycles. The average molecular weight is 282 g/mol. The summed E-state index contributed by atoms with van der Waals surface area (Å²) in [6.07, 6.45) is 2.95. The number of rotatable bonds is 6. The lowest BCUT2D eigenvalue weighted by Crippen LogP contribution is -2.46. The second-order valence-corrected chi connectivity index (χ2v) is 5.26. The molecular formula is C14H26N4O2. The third-order valence-corrected chi connectivity index (χ3v) is 3.77. The number of methoxy groups -OCH3 is 1. The number of ether oxygens (including phenoxy) is 2. The Hall–Kier alpha value is -1.11. The summed E-state index contributed by atoms with van der Waals surface area (Å²) in [4.78, 5) is 2.30. The van der Waals surface area contributed by atoms with Gasteiger partial charge in [-0.3, -0.25) is 4.68 Å². The molecule has 1 saturated heterocycles. The van der Waals surface area contributed by atoms with Crippen molar-refractivity contribution in [2.75, 3.05) is 40.9 Å². The lowest BCUT2D eigenvalue weighted by Gasteiger charge is -2.35. The SMILES string of the molecule is CCCn1ncc(OC)c1C(NC)C1CN(C)CCO1. The third-order valence-electron chi connectivity index (χ3n) is 3.77. The van der Waals surface area contributed by atoms with Crippen LogP contribution in [-0.4, -0.2) is 61.7 Å². The van der Waals surface area contributed by atoms with Gasteiger partial charge in [0.2, 0.25) is 0 Å². The number of morpholine rings is 1. The van der Waals surface area contributed by atoms with E-state index in [2.05, 4.69) is 29.3 Å². The molecule has 0 bridgehead atoms. The quantitative estimate of drug-likeness (QED) is 0.840. The smallest absolute Gasteiger partial charge is 0.161 e. The van der Waals surface area contributed by atoms with Crippen molar-refractivity contribution >= 4 is 0 Å². The highest BCUT2D eigenvalue weighted by Crippen LogP contribution is 2.29. The molecule has 2 heterocycles. The first kappa shape index (κ1) is 15.3. The monoisotopic (exact) mass is 282 g/mol. The van der Waals surface area contributed by atoms with Crippen LogP contribution in [0.15, 0.2) is 6.20 Å². The summed E-state index contributed by atoms with van der Waals surface area (Å²) in [5.74, 6) is 0.828. The summed E-state index contributed by atoms with van der Waals surface area (Å²) in [5.41, 5.74) is 1.08. The van der Waals surface area contributed by atoms with Gasteiger partial charge >= 0.3 is 0 Å². The summed E-state index contributed by atoms with van der Waals surface area (Å²) in [6, 6.07) is 0.0850. The highest BCUT2D eigenvalue weighted by molar-refractivity contribution is 5.29. The van der Waals surface area contributed by atoms with Crippen molar-refractivity contribution < 1.29 is 9.47 Å². The normalized spacial score (nSPS) is 21.9. The Balaban J connectivity index is 2.27. The standard InChI is InChI=1S/C14H26N4O2/c1-5-6-18-14(11(19-4)9-16-18)13(15-2)12-10-17(3)7-8-20-12/h9,12-13,15H,5-8,10H2,1-4H3. The molecule has 6 heteroatoms. The molecule has 1 aromatic rings. The summed E-state index contributed by atoms with van der Waals surface area (Å²) >= 11 is 0. The molecule has 20 heavy (non-hydrogen) atoms. The number of aryl methyl sites for hydroxylation is 1. The van der Waals surface area contributed by atoms with Crippen LogP contribution in [-0.2, 0) is 11.3 Å². The van der Waals surface area contributed by atoms with Gasteiger partial charge in [0.05, 0.1) is 37.8 Å². The zero-order valence-electron chi connectivity index (χ0n) is 12.9. The summed E-state index contributed by atoms with van der Waals surface area (Å²) in [7, 11) is 5.78. The number of nitrogens with zero attached hydrogens (tertiary/aromatic N) is 3. The van der Waals surface area contributed by atoms with E-state index in [1.54, 1.807) is 13.3 Å². The molecule has 2 rings (SSSR count). The number of likely N-dealkylation sites (N-methyl/N-ethyl adjacent to an activating group) is 2. The topological polar surface area (TPSA) is 51.5 Å². The molecule has 1 aliphatic rings. The van der Waals surface area contributed by atoms with Crippen LogP contribution in [0.5, 0.6) is 5.75 Å². The molecule has 1 N–H and O–H groups in total. The Kier molecular flexibility index (Phi) is 5.39. The minimum Gasteiger partial charge on any atom is -0.493 e. The molecule has 1 fully saturated rings. The zero-order valence-corrected chi connectivity index (χ0v) is 12.9. The zero-order chi connectivity index (χ0) is 14.5. The van der Waals surface area contributed by atoms with Crippen LogP contribution in [0.1, 0.15) is 25.1 Å². The number of hydrogen-bond donors (Lipinski definition) is 1. The predicted octanol–water partition coefficient (Wildman–Crippen LogP) is 0.893. The van der Waals surface area contributed by atoms with Crippen molar-refractivity contribution in [2.24, 2.45) is 0 Å². The highest BCUT2D eigenvalue weighted by atomic mass is 16.5. The first-order chi connectivity index (χ1) is 9.71. The average Bonchev–Trinajstić information content (AvgIpc) is 2.84. The van der Waals surface area contributed by atoms with Crippen LogP contribution in [0.2, 0.25) is 0 Å². The van der Waals surface area contributed by atoms with E-state index in [1.807, 2.05) is 11.7 Å². The number of nitrogens with one attached hydrogen (secondary N) is 1. The van der Waals surface area contributed by atoms with Crippen LogP contribution >= 0.6 is 0 Å². The predicted molar refractivity (Wildman–Crippen MR) is 78.1 cm³/mol. The van der Waals surface area contributed by atoms with Crippen molar-refractivity contribution in [1.29, 1.82) is 0 Å². The minimum absolute atomic E-state index is 0.0850. The van der Waals surface area contributed by atoms with Crippen molar-refractivity contribution in [1.82, 2.24) is 20.0 Å². The first-order valence-corrected chi connectivity index (χ1v) is 7.28. The van der Waals surface area contributed by atoms with Gasteiger partial charge in [-0.05, 0) is 20.5 Å². The molecule has 2 unspecified atom stereocenters. The van der Waals surface area contributed by atoms with Gasteiger partial charge in [0.1, 0.15) is 0 Å². The molecule has 0 spiro atoms. The molecule has 0 aromatic carbocycles. The Morgan fingerprint density at radius 1 is 1.60 bits per heavy atom. The molecule has 0 aliphatic carbocycles. The van der Waals surface area contributed by atoms with E-state index in [1.165, 1.54) is 0 Å². The van der Waals surface area contributed by atoms with Crippen molar-refractivity contribution in [2.45, 2.75) is 32.0 Å². The van der Waals surface area contributed by atoms with Gasteiger partial charge in [0, 0.05) is 19.6 Å². The van der Waals surface area contributed by atoms with Gasteiger partial charge < -0.3 is 19.7 Å². The maximum Gasteiger partial charge on any atom is 0.161 e. The van der Waals surface area contributed by atoms with E-state index in [0.717, 1.165) is 44.1 Å². The second-order valence-electron chi connectivity index (χ2n) is 5.26. The van der Waals surface area contributed by atoms with Gasteiger partial charge in [0.25, 0.3) is 0 Å². The third kappa shape index (κ3) is 3.13. The van der Waals surface area contributed by atoms with Crippen molar-refractivity contribution in [3.63, 3.8) is 0 Å². The Morgan fingerprint density at radius 2 is 2.40 bits per heavy atom. The van der Waals surface area contributed by atoms with Crippen LogP contribution in [0.25, 0.3) is 0 Å². The fraction of sp³-hybridized carbons (Fsp3) is 0.786. The summed E-state index contributed by atoms with van der Waals surface area (Å²) < 4.78 is 13.5. The van der Waals surface area contributed by atoms with E-state index < -0.39 is 0 Å². The molecule has 1 aromatic heterocycles. The van der Waals surface area contributed by atoms with Crippen LogP contribution < -0.4 is 10.1 Å². The Morgan fingerprint density at radius 3 is 3.00 bits per heavy atom. The Bertz CT molecular complexity index is 421. The maximum atomic E-state index is 5.96. The number of hydrogen-bond acceptors (Lipinski definition) is 5. The van der Waals surface area contributed by atoms with Gasteiger partial charge in [-0.1, -0.05) is 6.92 Å². The first-order valence-electron chi connectivity index (χ1n) is 7.28. The van der Waals surface area contributed by atoms with E-state index in [0.29, 0.717) is 0 Å². The molecular weight excluding hydrogens is 256 g/mol. The molecule has 0 saturated carbocycles. The molecule has 114 valence electrons. The van der Waals surface area contributed by atoms with Gasteiger partial charge in [-0.25, -0.2) is 0 Å². The number of aromatic nitrogens is 2. The molecule has 0 radical (unpaired) electrons. The largest absolute Gasteiger partial charge is 0.493 e. The van der Waals surface area contributed by atoms with Crippen LogP contribution in [0.3, 0.4) is 0 Å². The van der Waals surface area contributed by atoms with Crippen molar-refractivity contribution in [3.05, 3.63) is 11.9 Å². The van der Waals surface area contributed by atoms with Gasteiger partial charge in [-0.2, -0.15) is 5.10 Å². The summed E-state index contributed by atoms with van der Waals surface area (Å²) in [5, 5.41) is 7.82. The van der Waals surface area contributed by atoms with E-state index in [4.69, 9.17) is 9.47 Å². The highest BCUT2D eigenvalue weighted by Gasteiger charge is 2.31. The molecule has 6 nitrogen and oxygen atoms in total. The molecule has 2 atom stereocenters. The molecule has 0 amide bonds. The Labute approximate surface area is 121 Å². The minimum atomic E-state index is 0.0850. The van der Waals surface area contributed by atoms with Gasteiger partial charge in [0.15, 0.2) is 5.75 Å². The lowest BCUT2D eigenvalue weighted by atomic mass is 10.0. The van der Waals surface area contributed by atoms with Gasteiger partial charge in [-0.15, -0.1) is 0 Å². The lowest BCUT2D eigenvalue weighted by molar-refractivity contribution is -0.0397. The maximum absolute atomic E-state index is 5.96. The van der Waals surface area contributed by atoms with Crippen LogP contribution in [0, 0.1) is 0 Å². The van der Waals surface area contributed by atoms with Crippen molar-refractivity contribution in [3.8, 4) is 5.75 Å².